The number of methoxy groups -OCH3 is 2. The van der Waals surface area contributed by atoms with Crippen LogP contribution in [0.15, 0.2) is 64.2 Å². The molecule has 0 spiro atoms. The fourth-order valence-electron chi connectivity index (χ4n) is 3.67. The van der Waals surface area contributed by atoms with Crippen molar-refractivity contribution in [1.82, 2.24) is 19.7 Å². The first-order chi connectivity index (χ1) is 16.9. The van der Waals surface area contributed by atoms with Crippen molar-refractivity contribution < 1.29 is 17.9 Å². The summed E-state index contributed by atoms with van der Waals surface area (Å²) in [5.74, 6) is 0.358. The van der Waals surface area contributed by atoms with Crippen molar-refractivity contribution in [3.05, 3.63) is 59.3 Å². The first-order valence-electron chi connectivity index (χ1n) is 10.8. The van der Waals surface area contributed by atoms with Gasteiger partial charge >= 0.3 is 6.01 Å². The molecule has 2 aromatic heterocycles. The van der Waals surface area contributed by atoms with Gasteiger partial charge in [0.2, 0.25) is 15.9 Å². The number of fused-ring (bicyclic) bond motifs is 1. The normalized spacial score (nSPS) is 13.6. The lowest BCUT2D eigenvalue weighted by Crippen LogP contribution is -2.26. The van der Waals surface area contributed by atoms with E-state index in [0.717, 1.165) is 28.6 Å². The van der Waals surface area contributed by atoms with Crippen LogP contribution in [-0.2, 0) is 10.0 Å². The molecule has 0 amide bonds. The Morgan fingerprint density at radius 3 is 2.57 bits per heavy atom. The molecular formula is C24H22BrN5O4S. The molecule has 9 nitrogen and oxygen atoms in total. The maximum atomic E-state index is 13.2. The highest BCUT2D eigenvalue weighted by atomic mass is 79.9. The van der Waals surface area contributed by atoms with Gasteiger partial charge in [-0.25, -0.2) is 18.1 Å². The molecule has 180 valence electrons. The van der Waals surface area contributed by atoms with Gasteiger partial charge in [0.05, 0.1) is 31.0 Å². The van der Waals surface area contributed by atoms with Gasteiger partial charge in [-0.2, -0.15) is 4.98 Å². The second-order valence-electron chi connectivity index (χ2n) is 8.04. The second kappa shape index (κ2) is 9.40. The van der Waals surface area contributed by atoms with Crippen LogP contribution in [0.25, 0.3) is 22.0 Å². The summed E-state index contributed by atoms with van der Waals surface area (Å²) in [4.78, 5) is 13.0. The number of hydrogen-bond acceptors (Lipinski definition) is 8. The van der Waals surface area contributed by atoms with Crippen LogP contribution in [-0.4, -0.2) is 43.6 Å². The Balaban J connectivity index is 1.65. The smallest absolute Gasteiger partial charge is 0.319 e. The summed E-state index contributed by atoms with van der Waals surface area (Å²) < 4.78 is 40.5. The minimum absolute atomic E-state index is 0.0284. The first kappa shape index (κ1) is 23.5. The number of ether oxygens (including phenoxy) is 2. The fraction of sp³-hybridized carbons (Fsp3) is 0.208. The molecule has 2 heterocycles. The van der Waals surface area contributed by atoms with Crippen LogP contribution in [0.4, 0.5) is 11.4 Å². The van der Waals surface area contributed by atoms with Gasteiger partial charge in [-0.1, -0.05) is 34.1 Å². The minimum atomic E-state index is -3.77. The average Bonchev–Trinajstić information content (AvgIpc) is 3.66. The lowest BCUT2D eigenvalue weighted by molar-refractivity contribution is 0.353. The second-order valence-corrected chi connectivity index (χ2v) is 10.6. The molecule has 0 radical (unpaired) electrons. The molecule has 1 fully saturated rings. The number of halogens is 1. The summed E-state index contributed by atoms with van der Waals surface area (Å²) in [5.41, 5.74) is 3.22. The van der Waals surface area contributed by atoms with Crippen molar-refractivity contribution in [2.24, 2.45) is 0 Å². The molecule has 1 aliphatic rings. The van der Waals surface area contributed by atoms with Gasteiger partial charge in [-0.3, -0.25) is 4.98 Å². The van der Waals surface area contributed by atoms with E-state index < -0.39 is 10.0 Å². The van der Waals surface area contributed by atoms with E-state index in [2.05, 4.69) is 40.9 Å². The van der Waals surface area contributed by atoms with E-state index in [1.54, 1.807) is 6.20 Å². The molecule has 1 saturated carbocycles. The van der Waals surface area contributed by atoms with Gasteiger partial charge in [-0.15, -0.1) is 0 Å². The van der Waals surface area contributed by atoms with Crippen LogP contribution in [0, 0.1) is 0 Å². The molecule has 0 saturated heterocycles. The number of anilines is 2. The predicted octanol–water partition coefficient (Wildman–Crippen LogP) is 4.66. The van der Waals surface area contributed by atoms with Crippen molar-refractivity contribution in [1.29, 1.82) is 0 Å². The van der Waals surface area contributed by atoms with Gasteiger partial charge in [0.1, 0.15) is 4.90 Å². The summed E-state index contributed by atoms with van der Waals surface area (Å²) >= 11 is 3.47. The highest BCUT2D eigenvalue weighted by Gasteiger charge is 2.30. The molecule has 11 heteroatoms. The maximum absolute atomic E-state index is 13.2. The van der Waals surface area contributed by atoms with E-state index in [-0.39, 0.29) is 16.9 Å². The summed E-state index contributed by atoms with van der Waals surface area (Å²) in [7, 11) is -0.764. The predicted molar refractivity (Wildman–Crippen MR) is 137 cm³/mol. The number of sulfonamides is 1. The molecule has 35 heavy (non-hydrogen) atoms. The molecule has 0 bridgehead atoms. The van der Waals surface area contributed by atoms with Gasteiger partial charge in [0, 0.05) is 34.0 Å². The third-order valence-corrected chi connectivity index (χ3v) is 7.56. The molecule has 4 aromatic rings. The zero-order valence-electron chi connectivity index (χ0n) is 18.9. The van der Waals surface area contributed by atoms with Crippen molar-refractivity contribution in [2.75, 3.05) is 19.5 Å². The molecule has 1 aliphatic carbocycles. The standard InChI is InChI=1S/C24H22BrN5O4S/c1-33-23-19(12-27-24(29-23)34-2)14-6-9-18-20(10-14)26-13-21(35(31,32)30-16-7-8-16)22(18)28-17-5-3-4-15(25)11-17/h3-6,9-13,16,30H,7-8H2,1-2H3,(H,26,28). The Bertz CT molecular complexity index is 1530. The van der Waals surface area contributed by atoms with Gasteiger partial charge in [-0.05, 0) is 42.7 Å². The van der Waals surface area contributed by atoms with Crippen molar-refractivity contribution in [3.8, 4) is 23.0 Å². The molecule has 0 atom stereocenters. The number of benzene rings is 2. The molecular weight excluding hydrogens is 534 g/mol. The topological polar surface area (TPSA) is 115 Å². The lowest BCUT2D eigenvalue weighted by Gasteiger charge is -2.16. The number of pyridine rings is 1. The van der Waals surface area contributed by atoms with Gasteiger partial charge in [0.25, 0.3) is 0 Å². The van der Waals surface area contributed by atoms with Crippen LogP contribution in [0.1, 0.15) is 12.8 Å². The van der Waals surface area contributed by atoms with E-state index in [0.29, 0.717) is 28.0 Å². The maximum Gasteiger partial charge on any atom is 0.319 e. The Hall–Kier alpha value is -3.28. The van der Waals surface area contributed by atoms with Crippen molar-refractivity contribution >= 4 is 48.2 Å². The lowest BCUT2D eigenvalue weighted by atomic mass is 10.0. The van der Waals surface area contributed by atoms with Gasteiger partial charge < -0.3 is 14.8 Å². The number of hydrogen-bond donors (Lipinski definition) is 2. The van der Waals surface area contributed by atoms with Gasteiger partial charge in [0.15, 0.2) is 0 Å². The quantitative estimate of drug-likeness (QED) is 0.322. The van der Waals surface area contributed by atoms with Crippen molar-refractivity contribution in [3.63, 3.8) is 0 Å². The van der Waals surface area contributed by atoms with Crippen molar-refractivity contribution in [2.45, 2.75) is 23.8 Å². The highest BCUT2D eigenvalue weighted by molar-refractivity contribution is 9.10. The summed E-state index contributed by atoms with van der Waals surface area (Å²) in [6.45, 7) is 0. The number of rotatable bonds is 8. The summed E-state index contributed by atoms with van der Waals surface area (Å²) in [6, 6.07) is 13.2. The summed E-state index contributed by atoms with van der Waals surface area (Å²) in [5, 5.41) is 3.95. The number of aromatic nitrogens is 3. The largest absolute Gasteiger partial charge is 0.480 e. The zero-order chi connectivity index (χ0) is 24.6. The third kappa shape index (κ3) is 4.93. The molecule has 2 N–H and O–H groups in total. The van der Waals surface area contributed by atoms with E-state index >= 15 is 0 Å². The Morgan fingerprint density at radius 1 is 1.03 bits per heavy atom. The van der Waals surface area contributed by atoms with E-state index in [4.69, 9.17) is 9.47 Å². The molecule has 0 aliphatic heterocycles. The molecule has 2 aromatic carbocycles. The van der Waals surface area contributed by atoms with E-state index in [1.807, 2.05) is 42.5 Å². The van der Waals surface area contributed by atoms with Crippen LogP contribution >= 0.6 is 15.9 Å². The van der Waals surface area contributed by atoms with Crippen LogP contribution in [0.2, 0.25) is 0 Å². The molecule has 0 unspecified atom stereocenters. The monoisotopic (exact) mass is 555 g/mol. The van der Waals surface area contributed by atoms with Crippen LogP contribution in [0.5, 0.6) is 11.9 Å². The fourth-order valence-corrected chi connectivity index (χ4v) is 5.50. The Kier molecular flexibility index (Phi) is 6.30. The Labute approximate surface area is 211 Å². The average molecular weight is 556 g/mol. The minimum Gasteiger partial charge on any atom is -0.480 e. The number of nitrogens with one attached hydrogen (secondary N) is 2. The van der Waals surface area contributed by atoms with Crippen LogP contribution < -0.4 is 19.5 Å². The Morgan fingerprint density at radius 2 is 1.86 bits per heavy atom. The zero-order valence-corrected chi connectivity index (χ0v) is 21.4. The highest BCUT2D eigenvalue weighted by Crippen LogP contribution is 2.37. The van der Waals surface area contributed by atoms with E-state index in [9.17, 15) is 8.42 Å². The SMILES string of the molecule is COc1ncc(-c2ccc3c(Nc4cccc(Br)c4)c(S(=O)(=O)NC4CC4)cnc3c2)c(OC)n1. The molecule has 5 rings (SSSR count). The third-order valence-electron chi connectivity index (χ3n) is 5.54. The first-order valence-corrected chi connectivity index (χ1v) is 13.1. The van der Waals surface area contributed by atoms with E-state index in [1.165, 1.54) is 20.4 Å². The summed E-state index contributed by atoms with van der Waals surface area (Å²) in [6.07, 6.45) is 4.68. The number of nitrogens with zero attached hydrogens (tertiary/aromatic N) is 3. The van der Waals surface area contributed by atoms with Crippen LogP contribution in [0.3, 0.4) is 0 Å².